The average molecular weight is 374 g/mol. The zero-order chi connectivity index (χ0) is 19.1. The molecule has 0 spiro atoms. The molecule has 0 heterocycles. The zero-order valence-electron chi connectivity index (χ0n) is 15.4. The number of benzene rings is 2. The maximum absolute atomic E-state index is 13.0. The lowest BCUT2D eigenvalue weighted by Gasteiger charge is -2.19. The Kier molecular flexibility index (Phi) is 5.48. The van der Waals surface area contributed by atoms with Gasteiger partial charge in [-0.3, -0.25) is 9.59 Å². The van der Waals surface area contributed by atoms with Crippen molar-refractivity contribution in [3.63, 3.8) is 0 Å². The minimum Gasteiger partial charge on any atom is -0.354 e. The van der Waals surface area contributed by atoms with Gasteiger partial charge in [-0.05, 0) is 63.8 Å². The number of carbonyl (C=O) groups is 2. The summed E-state index contributed by atoms with van der Waals surface area (Å²) in [7, 11) is 0. The minimum absolute atomic E-state index is 0.368. The van der Waals surface area contributed by atoms with E-state index in [4.69, 9.17) is 11.8 Å². The van der Waals surface area contributed by atoms with Crippen molar-refractivity contribution in [2.45, 2.75) is 41.5 Å². The van der Waals surface area contributed by atoms with E-state index in [1.165, 1.54) is 0 Å². The van der Waals surface area contributed by atoms with Gasteiger partial charge in [-0.15, -0.1) is 0 Å². The highest BCUT2D eigenvalue weighted by molar-refractivity contribution is 8.28. The largest absolute Gasteiger partial charge is 0.354 e. The maximum Gasteiger partial charge on any atom is 0.227 e. The monoisotopic (exact) mass is 374 g/mol. The van der Waals surface area contributed by atoms with Gasteiger partial charge in [0.05, 0.1) is 0 Å². The highest BCUT2D eigenvalue weighted by atomic mass is 32.4. The normalized spacial score (nSPS) is 11.5. The molecule has 5 heteroatoms. The fraction of sp³-hybridized carbons (Fsp3) is 0.300. The highest BCUT2D eigenvalue weighted by Gasteiger charge is 2.37. The summed E-state index contributed by atoms with van der Waals surface area (Å²) in [5, 5.41) is 0. The molecule has 0 aromatic heterocycles. The van der Waals surface area contributed by atoms with Gasteiger partial charge in [0.25, 0.3) is 0 Å². The Morgan fingerprint density at radius 3 is 1.20 bits per heavy atom. The van der Waals surface area contributed by atoms with E-state index in [1.807, 2.05) is 38.1 Å². The summed E-state index contributed by atoms with van der Waals surface area (Å²) in [5.41, 5.74) is 4.46. The summed E-state index contributed by atoms with van der Waals surface area (Å²) in [6, 6.07) is 7.45. The molecular weight excluding hydrogens is 351 g/mol. The lowest BCUT2D eigenvalue weighted by atomic mass is 10.0. The summed E-state index contributed by atoms with van der Waals surface area (Å²) >= 11 is 5.22. The van der Waals surface area contributed by atoms with Crippen LogP contribution in [0.15, 0.2) is 24.3 Å². The molecule has 2 aromatic rings. The lowest BCUT2D eigenvalue weighted by Crippen LogP contribution is -2.14. The highest BCUT2D eigenvalue weighted by Crippen LogP contribution is 2.50. The topological polar surface area (TPSA) is 54.4 Å². The number of hydrogen-bond acceptors (Lipinski definition) is 3. The fourth-order valence-electron chi connectivity index (χ4n) is 3.43. The first-order valence-electron chi connectivity index (χ1n) is 8.05. The van der Waals surface area contributed by atoms with E-state index < -0.39 is 17.3 Å². The van der Waals surface area contributed by atoms with Crippen molar-refractivity contribution in [2.75, 3.05) is 0 Å². The van der Waals surface area contributed by atoms with Crippen molar-refractivity contribution in [3.8, 4) is 0 Å². The van der Waals surface area contributed by atoms with Crippen molar-refractivity contribution in [3.05, 3.63) is 68.8 Å². The predicted molar refractivity (Wildman–Crippen MR) is 106 cm³/mol. The van der Waals surface area contributed by atoms with E-state index in [1.54, 1.807) is 27.7 Å². The second kappa shape index (κ2) is 6.95. The summed E-state index contributed by atoms with van der Waals surface area (Å²) in [6.07, 6.45) is -3.90. The number of hydrogen-bond donors (Lipinski definition) is 1. The van der Waals surface area contributed by atoms with Crippen molar-refractivity contribution >= 4 is 29.1 Å². The molecule has 132 valence electrons. The Bertz CT molecular complexity index is 824. The Morgan fingerprint density at radius 2 is 0.960 bits per heavy atom. The lowest BCUT2D eigenvalue weighted by molar-refractivity contribution is 0.103. The van der Waals surface area contributed by atoms with Gasteiger partial charge >= 0.3 is 0 Å². The standard InChI is InChI=1S/C20H23O3PS/c1-11-7-13(3)17(14(4)8-11)19(21)24(23,25)20(22)18-15(5)9-12(2)10-16(18)6/h7-10H,1-6H3,(H,23,25). The first-order chi connectivity index (χ1) is 11.5. The fourth-order valence-corrected chi connectivity index (χ4v) is 5.47. The van der Waals surface area contributed by atoms with Crippen LogP contribution < -0.4 is 0 Å². The third-order valence-electron chi connectivity index (χ3n) is 4.33. The number of rotatable bonds is 4. The third-order valence-corrected chi connectivity index (χ3v) is 6.88. The molecule has 3 nitrogen and oxygen atoms in total. The van der Waals surface area contributed by atoms with Crippen molar-refractivity contribution in [1.82, 2.24) is 0 Å². The number of aryl methyl sites for hydroxylation is 6. The van der Waals surface area contributed by atoms with Crippen LogP contribution in [0.3, 0.4) is 0 Å². The van der Waals surface area contributed by atoms with Crippen LogP contribution in [-0.4, -0.2) is 15.9 Å². The van der Waals surface area contributed by atoms with Gasteiger partial charge in [-0.25, -0.2) is 0 Å². The molecule has 0 saturated carbocycles. The summed E-state index contributed by atoms with van der Waals surface area (Å²) in [4.78, 5) is 36.8. The molecule has 0 fully saturated rings. The van der Waals surface area contributed by atoms with Crippen molar-refractivity contribution < 1.29 is 14.5 Å². The Labute approximate surface area is 154 Å². The van der Waals surface area contributed by atoms with Crippen LogP contribution in [0.2, 0.25) is 0 Å². The molecule has 0 unspecified atom stereocenters. The molecule has 0 radical (unpaired) electrons. The first-order valence-corrected chi connectivity index (χ1v) is 10.8. The van der Waals surface area contributed by atoms with E-state index in [9.17, 15) is 14.5 Å². The van der Waals surface area contributed by atoms with E-state index in [2.05, 4.69) is 0 Å². The molecule has 0 aliphatic heterocycles. The molecule has 0 amide bonds. The van der Waals surface area contributed by atoms with E-state index in [-0.39, 0.29) is 0 Å². The molecule has 2 aromatic carbocycles. The van der Waals surface area contributed by atoms with Gasteiger partial charge < -0.3 is 4.89 Å². The molecule has 0 aliphatic carbocycles. The van der Waals surface area contributed by atoms with Crippen LogP contribution in [0.5, 0.6) is 0 Å². The van der Waals surface area contributed by atoms with E-state index in [0.29, 0.717) is 11.1 Å². The Hall–Kier alpha value is -1.61. The average Bonchev–Trinajstić information content (AvgIpc) is 2.44. The second-order valence-corrected chi connectivity index (χ2v) is 10.3. The molecule has 0 atom stereocenters. The van der Waals surface area contributed by atoms with E-state index in [0.717, 1.165) is 33.4 Å². The van der Waals surface area contributed by atoms with Crippen LogP contribution in [0, 0.1) is 41.5 Å². The molecule has 2 rings (SSSR count). The maximum atomic E-state index is 13.0. The Balaban J connectivity index is 2.58. The van der Waals surface area contributed by atoms with Crippen LogP contribution >= 0.6 is 6.26 Å². The smallest absolute Gasteiger partial charge is 0.227 e. The van der Waals surface area contributed by atoms with Gasteiger partial charge in [0, 0.05) is 11.1 Å². The van der Waals surface area contributed by atoms with Gasteiger partial charge in [0.1, 0.15) is 0 Å². The van der Waals surface area contributed by atoms with E-state index >= 15 is 0 Å². The summed E-state index contributed by atoms with van der Waals surface area (Å²) in [5.74, 6) is 0. The van der Waals surface area contributed by atoms with Gasteiger partial charge in [-0.2, -0.15) is 0 Å². The van der Waals surface area contributed by atoms with Crippen LogP contribution in [0.25, 0.3) is 0 Å². The van der Waals surface area contributed by atoms with Crippen LogP contribution in [0.1, 0.15) is 54.1 Å². The third kappa shape index (κ3) is 3.67. The molecule has 0 bridgehead atoms. The van der Waals surface area contributed by atoms with Crippen LogP contribution in [0.4, 0.5) is 0 Å². The van der Waals surface area contributed by atoms with Gasteiger partial charge in [-0.1, -0.05) is 47.2 Å². The quantitative estimate of drug-likeness (QED) is 0.773. The molecular formula is C20H23O3PS. The molecule has 1 N–H and O–H groups in total. The van der Waals surface area contributed by atoms with Gasteiger partial charge in [0.2, 0.25) is 17.3 Å². The zero-order valence-corrected chi connectivity index (χ0v) is 17.1. The summed E-state index contributed by atoms with van der Waals surface area (Å²) in [6.45, 7) is 11.1. The second-order valence-electron chi connectivity index (χ2n) is 6.73. The van der Waals surface area contributed by atoms with Crippen LogP contribution in [-0.2, 0) is 11.8 Å². The summed E-state index contributed by atoms with van der Waals surface area (Å²) < 4.78 is 0. The van der Waals surface area contributed by atoms with Gasteiger partial charge in [0.15, 0.2) is 0 Å². The van der Waals surface area contributed by atoms with Crippen molar-refractivity contribution in [1.29, 1.82) is 0 Å². The minimum atomic E-state index is -3.90. The SMILES string of the molecule is Cc1cc(C)c(C(=O)P(O)(=S)C(=O)c2c(C)cc(C)cc2C)c(C)c1. The number of carbonyl (C=O) groups excluding carboxylic acids is 2. The first kappa shape index (κ1) is 19.7. The molecule has 0 aliphatic rings. The molecule has 25 heavy (non-hydrogen) atoms. The Morgan fingerprint density at radius 1 is 0.720 bits per heavy atom. The molecule has 0 saturated heterocycles. The predicted octanol–water partition coefficient (Wildman–Crippen LogP) is 4.90. The van der Waals surface area contributed by atoms with Crippen molar-refractivity contribution in [2.24, 2.45) is 0 Å².